The van der Waals surface area contributed by atoms with Gasteiger partial charge >= 0.3 is 0 Å². The van der Waals surface area contributed by atoms with Crippen LogP contribution < -0.4 is 0 Å². The number of benzene rings is 2. The van der Waals surface area contributed by atoms with E-state index in [9.17, 15) is 0 Å². The van der Waals surface area contributed by atoms with Crippen LogP contribution in [0.4, 0.5) is 0 Å². The fourth-order valence-corrected chi connectivity index (χ4v) is 5.35. The van der Waals surface area contributed by atoms with E-state index in [-0.39, 0.29) is 0 Å². The van der Waals surface area contributed by atoms with Gasteiger partial charge in [-0.15, -0.1) is 0 Å². The van der Waals surface area contributed by atoms with Gasteiger partial charge in [0.2, 0.25) is 0 Å². The maximum atomic E-state index is 3.46. The summed E-state index contributed by atoms with van der Waals surface area (Å²) in [6.45, 7) is 2.28. The zero-order valence-electron chi connectivity index (χ0n) is 15.7. The zero-order chi connectivity index (χ0) is 17.7. The van der Waals surface area contributed by atoms with Gasteiger partial charge in [-0.25, -0.2) is 0 Å². The van der Waals surface area contributed by atoms with Gasteiger partial charge in [-0.05, 0) is 50.0 Å². The van der Waals surface area contributed by atoms with Crippen molar-refractivity contribution in [1.29, 1.82) is 0 Å². The van der Waals surface area contributed by atoms with Crippen LogP contribution in [-0.2, 0) is 13.0 Å². The van der Waals surface area contributed by atoms with Crippen LogP contribution in [0.25, 0.3) is 10.9 Å². The van der Waals surface area contributed by atoms with Crippen molar-refractivity contribution in [1.82, 2.24) is 14.8 Å². The molecule has 2 fully saturated rings. The van der Waals surface area contributed by atoms with E-state index < -0.39 is 0 Å². The molecule has 1 saturated heterocycles. The smallest absolute Gasteiger partial charge is 0.0456 e. The molecule has 1 saturated carbocycles. The molecule has 2 aromatic carbocycles. The molecule has 26 heavy (non-hydrogen) atoms. The first-order valence-corrected chi connectivity index (χ1v) is 9.69. The van der Waals surface area contributed by atoms with Crippen molar-refractivity contribution in [2.24, 2.45) is 5.92 Å². The maximum Gasteiger partial charge on any atom is 0.0456 e. The molecule has 3 heteroatoms. The largest absolute Gasteiger partial charge is 0.361 e. The van der Waals surface area contributed by atoms with Crippen LogP contribution >= 0.6 is 0 Å². The summed E-state index contributed by atoms with van der Waals surface area (Å²) in [4.78, 5) is 8.69. The van der Waals surface area contributed by atoms with Gasteiger partial charge in [0.15, 0.2) is 0 Å². The van der Waals surface area contributed by atoms with Crippen LogP contribution in [-0.4, -0.2) is 47.0 Å². The fourth-order valence-electron chi connectivity index (χ4n) is 5.35. The topological polar surface area (TPSA) is 22.3 Å². The molecule has 1 N–H and O–H groups in total. The first-order valence-electron chi connectivity index (χ1n) is 9.69. The Morgan fingerprint density at radius 1 is 1.08 bits per heavy atom. The van der Waals surface area contributed by atoms with Crippen LogP contribution in [0.1, 0.15) is 17.5 Å². The number of rotatable bonds is 5. The lowest BCUT2D eigenvalue weighted by Gasteiger charge is -2.36. The van der Waals surface area contributed by atoms with Crippen LogP contribution in [0.3, 0.4) is 0 Å². The van der Waals surface area contributed by atoms with Crippen molar-refractivity contribution in [3.05, 3.63) is 71.9 Å². The molecule has 3 atom stereocenters. The molecule has 2 aliphatic rings. The van der Waals surface area contributed by atoms with E-state index >= 15 is 0 Å². The summed E-state index contributed by atoms with van der Waals surface area (Å²) in [5.41, 5.74) is 4.48. The first kappa shape index (κ1) is 16.1. The number of likely N-dealkylation sites (tertiary alicyclic amines) is 1. The lowest BCUT2D eigenvalue weighted by molar-refractivity contribution is 0.133. The minimum absolute atomic E-state index is 0.354. The number of fused-ring (bicyclic) bond motifs is 2. The Morgan fingerprint density at radius 3 is 2.65 bits per heavy atom. The maximum absolute atomic E-state index is 3.46. The van der Waals surface area contributed by atoms with Gasteiger partial charge in [-0.1, -0.05) is 48.5 Å². The van der Waals surface area contributed by atoms with Gasteiger partial charge in [0, 0.05) is 41.8 Å². The summed E-state index contributed by atoms with van der Waals surface area (Å²) in [6, 6.07) is 20.2. The third-order valence-electron chi connectivity index (χ3n) is 6.74. The molecular formula is C23H27N3. The van der Waals surface area contributed by atoms with Crippen molar-refractivity contribution in [2.45, 2.75) is 31.0 Å². The molecule has 0 unspecified atom stereocenters. The SMILES string of the molecule is CN(C)[C@]12C[C@H]1CN(Cc1ccccc1)[C@H]2Cc1c[nH]c2ccccc12. The molecular weight excluding hydrogens is 318 g/mol. The normalized spacial score (nSPS) is 28.0. The van der Waals surface area contributed by atoms with Gasteiger partial charge in [0.1, 0.15) is 0 Å². The third-order valence-corrected chi connectivity index (χ3v) is 6.74. The molecule has 0 spiro atoms. The standard InChI is InChI=1S/C23H27N3/c1-25(2)23-13-19(23)16-26(15-17-8-4-3-5-9-17)22(23)12-18-14-24-21-11-7-6-10-20(18)21/h3-11,14,19,22,24H,12-13,15-16H2,1-2H3/t19-,22-,23+/m0/s1. The number of H-pyrrole nitrogens is 1. The predicted molar refractivity (Wildman–Crippen MR) is 107 cm³/mol. The lowest BCUT2D eigenvalue weighted by atomic mass is 9.95. The Kier molecular flexibility index (Phi) is 3.70. The Balaban J connectivity index is 1.47. The molecule has 1 aromatic heterocycles. The van der Waals surface area contributed by atoms with Gasteiger partial charge < -0.3 is 9.88 Å². The molecule has 0 radical (unpaired) electrons. The Morgan fingerprint density at radius 2 is 1.85 bits per heavy atom. The monoisotopic (exact) mass is 345 g/mol. The van der Waals surface area contributed by atoms with Crippen LogP contribution in [0, 0.1) is 5.92 Å². The van der Waals surface area contributed by atoms with Gasteiger partial charge in [0.25, 0.3) is 0 Å². The average Bonchev–Trinajstić information content (AvgIpc) is 3.11. The van der Waals surface area contributed by atoms with Gasteiger partial charge in [-0.3, -0.25) is 4.90 Å². The number of hydrogen-bond donors (Lipinski definition) is 1. The molecule has 1 aliphatic carbocycles. The minimum Gasteiger partial charge on any atom is -0.361 e. The van der Waals surface area contributed by atoms with E-state index in [2.05, 4.69) is 89.7 Å². The second-order valence-corrected chi connectivity index (χ2v) is 8.28. The van der Waals surface area contributed by atoms with Crippen molar-refractivity contribution >= 4 is 10.9 Å². The average molecular weight is 345 g/mol. The molecule has 134 valence electrons. The summed E-state index contributed by atoms with van der Waals surface area (Å²) >= 11 is 0. The van der Waals surface area contributed by atoms with Gasteiger partial charge in [0.05, 0.1) is 0 Å². The summed E-state index contributed by atoms with van der Waals surface area (Å²) in [5, 5.41) is 1.38. The number of aromatic amines is 1. The Bertz CT molecular complexity index is 913. The molecule has 0 amide bonds. The molecule has 2 heterocycles. The van der Waals surface area contributed by atoms with Crippen LogP contribution in [0.5, 0.6) is 0 Å². The lowest BCUT2D eigenvalue weighted by Crippen LogP contribution is -2.48. The number of hydrogen-bond acceptors (Lipinski definition) is 2. The first-order chi connectivity index (χ1) is 12.7. The van der Waals surface area contributed by atoms with Crippen molar-refractivity contribution in [2.75, 3.05) is 20.6 Å². The highest BCUT2D eigenvalue weighted by Gasteiger charge is 2.66. The molecule has 1 aliphatic heterocycles. The summed E-state index contributed by atoms with van der Waals surface area (Å²) in [6.07, 6.45) is 4.69. The van der Waals surface area contributed by atoms with E-state index in [1.807, 2.05) is 0 Å². The molecule has 3 aromatic rings. The fraction of sp³-hybridized carbons (Fsp3) is 0.391. The second-order valence-electron chi connectivity index (χ2n) is 8.28. The van der Waals surface area contributed by atoms with Gasteiger partial charge in [-0.2, -0.15) is 0 Å². The molecule has 5 rings (SSSR count). The number of aromatic nitrogens is 1. The summed E-state index contributed by atoms with van der Waals surface area (Å²) < 4.78 is 0. The molecule has 0 bridgehead atoms. The minimum atomic E-state index is 0.354. The number of likely N-dealkylation sites (N-methyl/N-ethyl adjacent to an activating group) is 1. The summed E-state index contributed by atoms with van der Waals surface area (Å²) in [7, 11) is 4.54. The van der Waals surface area contributed by atoms with E-state index in [0.29, 0.717) is 11.6 Å². The van der Waals surface area contributed by atoms with Crippen molar-refractivity contribution < 1.29 is 0 Å². The summed E-state index contributed by atoms with van der Waals surface area (Å²) in [5.74, 6) is 0.816. The number of nitrogens with zero attached hydrogens (tertiary/aromatic N) is 2. The van der Waals surface area contributed by atoms with Crippen LogP contribution in [0.15, 0.2) is 60.8 Å². The third kappa shape index (κ3) is 2.42. The van der Waals surface area contributed by atoms with Crippen LogP contribution in [0.2, 0.25) is 0 Å². The van der Waals surface area contributed by atoms with E-state index in [1.165, 1.54) is 35.0 Å². The van der Waals surface area contributed by atoms with E-state index in [0.717, 1.165) is 18.9 Å². The number of nitrogens with one attached hydrogen (secondary N) is 1. The Labute approximate surface area is 155 Å². The van der Waals surface area contributed by atoms with E-state index in [4.69, 9.17) is 0 Å². The second kappa shape index (κ2) is 5.97. The Hall–Kier alpha value is -2.10. The quantitative estimate of drug-likeness (QED) is 0.757. The number of piperidine rings is 1. The van der Waals surface area contributed by atoms with E-state index in [1.54, 1.807) is 0 Å². The predicted octanol–water partition coefficient (Wildman–Crippen LogP) is 3.92. The number of para-hydroxylation sites is 1. The van der Waals surface area contributed by atoms with Crippen molar-refractivity contribution in [3.8, 4) is 0 Å². The highest BCUT2D eigenvalue weighted by atomic mass is 15.3. The van der Waals surface area contributed by atoms with Crippen molar-refractivity contribution in [3.63, 3.8) is 0 Å². The highest BCUT2D eigenvalue weighted by molar-refractivity contribution is 5.83. The molecule has 3 nitrogen and oxygen atoms in total. The highest BCUT2D eigenvalue weighted by Crippen LogP contribution is 2.57. The zero-order valence-corrected chi connectivity index (χ0v) is 15.7.